The van der Waals surface area contributed by atoms with Crippen LogP contribution in [0, 0.1) is 11.8 Å². The van der Waals surface area contributed by atoms with Crippen LogP contribution in [0.3, 0.4) is 0 Å². The van der Waals surface area contributed by atoms with E-state index in [2.05, 4.69) is 39.9 Å². The number of carbonyl (C=O) groups is 3. The third-order valence-electron chi connectivity index (χ3n) is 6.53. The molecule has 3 aromatic rings. The van der Waals surface area contributed by atoms with E-state index in [1.54, 1.807) is 0 Å². The molecule has 1 heterocycles. The van der Waals surface area contributed by atoms with Crippen LogP contribution in [-0.2, 0) is 9.53 Å². The van der Waals surface area contributed by atoms with Gasteiger partial charge in [0.2, 0.25) is 0 Å². The molecule has 0 saturated heterocycles. The number of fused-ring (bicyclic) bond motifs is 3. The molecule has 8 nitrogen and oxygen atoms in total. The Morgan fingerprint density at radius 1 is 1.06 bits per heavy atom. The lowest BCUT2D eigenvalue weighted by Gasteiger charge is -2.14. The second kappa shape index (κ2) is 9.87. The molecule has 2 amide bonds. The molecule has 2 aliphatic carbocycles. The average molecular weight is 492 g/mol. The van der Waals surface area contributed by atoms with E-state index < -0.39 is 12.1 Å². The number of hydrogen-bond donors (Lipinski definition) is 3. The van der Waals surface area contributed by atoms with Crippen LogP contribution < -0.4 is 10.6 Å². The number of carboxylic acid groups (broad SMARTS) is 1. The minimum atomic E-state index is -0.858. The highest BCUT2D eigenvalue weighted by Gasteiger charge is 2.33. The molecule has 0 radical (unpaired) electrons. The molecule has 35 heavy (non-hydrogen) atoms. The molecular formula is C26H25N3O5S. The summed E-state index contributed by atoms with van der Waals surface area (Å²) in [5.74, 6) is -0.944. The van der Waals surface area contributed by atoms with Crippen molar-refractivity contribution in [3.05, 3.63) is 70.7 Å². The van der Waals surface area contributed by atoms with Gasteiger partial charge < -0.3 is 15.2 Å². The predicted molar refractivity (Wildman–Crippen MR) is 132 cm³/mol. The number of nitrogens with zero attached hydrogens (tertiary/aromatic N) is 1. The summed E-state index contributed by atoms with van der Waals surface area (Å²) in [4.78, 5) is 40.4. The van der Waals surface area contributed by atoms with Gasteiger partial charge in [-0.05, 0) is 46.9 Å². The monoisotopic (exact) mass is 491 g/mol. The number of anilines is 1. The number of thiazole rings is 1. The van der Waals surface area contributed by atoms with E-state index in [1.165, 1.54) is 6.20 Å². The van der Waals surface area contributed by atoms with Crippen molar-refractivity contribution in [2.75, 3.05) is 18.5 Å². The fourth-order valence-corrected chi connectivity index (χ4v) is 5.39. The highest BCUT2D eigenvalue weighted by Crippen LogP contribution is 2.44. The molecule has 0 spiro atoms. The van der Waals surface area contributed by atoms with Crippen LogP contribution in [0.4, 0.5) is 9.93 Å². The SMILES string of the molecule is O=C(O)CC(CNC(=O)c1cnc(NC(=O)OCC2c3ccccc3-c3ccccc32)s1)C1CC1. The molecule has 1 unspecified atom stereocenters. The largest absolute Gasteiger partial charge is 0.481 e. The number of ether oxygens (including phenoxy) is 1. The van der Waals surface area contributed by atoms with E-state index in [4.69, 9.17) is 9.84 Å². The highest BCUT2D eigenvalue weighted by atomic mass is 32.1. The van der Waals surface area contributed by atoms with Crippen molar-refractivity contribution in [3.63, 3.8) is 0 Å². The predicted octanol–water partition coefficient (Wildman–Crippen LogP) is 4.73. The number of rotatable bonds is 9. The molecule has 5 rings (SSSR count). The number of aromatic nitrogens is 1. The molecule has 0 bridgehead atoms. The zero-order chi connectivity index (χ0) is 24.4. The minimum Gasteiger partial charge on any atom is -0.481 e. The normalized spacial score (nSPS) is 15.1. The van der Waals surface area contributed by atoms with Gasteiger partial charge in [0.15, 0.2) is 5.13 Å². The van der Waals surface area contributed by atoms with Crippen molar-refractivity contribution < 1.29 is 24.2 Å². The van der Waals surface area contributed by atoms with Crippen LogP contribution >= 0.6 is 11.3 Å². The fourth-order valence-electron chi connectivity index (χ4n) is 4.67. The summed E-state index contributed by atoms with van der Waals surface area (Å²) in [6, 6.07) is 16.2. The summed E-state index contributed by atoms with van der Waals surface area (Å²) < 4.78 is 5.52. The van der Waals surface area contributed by atoms with Gasteiger partial charge in [0.25, 0.3) is 5.91 Å². The van der Waals surface area contributed by atoms with Crippen molar-refractivity contribution in [2.45, 2.75) is 25.2 Å². The number of aliphatic carboxylic acids is 1. The molecule has 2 aromatic carbocycles. The number of benzene rings is 2. The van der Waals surface area contributed by atoms with E-state index in [9.17, 15) is 14.4 Å². The lowest BCUT2D eigenvalue weighted by Crippen LogP contribution is -2.30. The van der Waals surface area contributed by atoms with Crippen LogP contribution in [-0.4, -0.2) is 41.2 Å². The van der Waals surface area contributed by atoms with E-state index >= 15 is 0 Å². The lowest BCUT2D eigenvalue weighted by molar-refractivity contribution is -0.138. The average Bonchev–Trinajstić information content (AvgIpc) is 3.51. The van der Waals surface area contributed by atoms with Crippen molar-refractivity contribution in [3.8, 4) is 11.1 Å². The number of carboxylic acids is 1. The number of amides is 2. The molecule has 9 heteroatoms. The summed E-state index contributed by atoms with van der Waals surface area (Å²) in [5, 5.41) is 14.7. The van der Waals surface area contributed by atoms with E-state index in [1.807, 2.05) is 24.3 Å². The number of nitrogens with one attached hydrogen (secondary N) is 2. The van der Waals surface area contributed by atoms with Crippen LogP contribution in [0.5, 0.6) is 0 Å². The topological polar surface area (TPSA) is 118 Å². The van der Waals surface area contributed by atoms with Crippen LogP contribution in [0.1, 0.15) is 46.0 Å². The Bertz CT molecular complexity index is 1220. The van der Waals surface area contributed by atoms with Gasteiger partial charge in [-0.15, -0.1) is 0 Å². The van der Waals surface area contributed by atoms with Gasteiger partial charge in [0.05, 0.1) is 12.6 Å². The maximum absolute atomic E-state index is 12.5. The molecule has 1 atom stereocenters. The van der Waals surface area contributed by atoms with Crippen molar-refractivity contribution in [1.29, 1.82) is 0 Å². The molecular weight excluding hydrogens is 466 g/mol. The van der Waals surface area contributed by atoms with Gasteiger partial charge in [-0.1, -0.05) is 59.9 Å². The van der Waals surface area contributed by atoms with Crippen molar-refractivity contribution in [1.82, 2.24) is 10.3 Å². The first kappa shape index (κ1) is 23.0. The minimum absolute atomic E-state index is 0.0439. The van der Waals surface area contributed by atoms with E-state index in [-0.39, 0.29) is 35.9 Å². The highest BCUT2D eigenvalue weighted by molar-refractivity contribution is 7.17. The molecule has 180 valence electrons. The molecule has 1 aromatic heterocycles. The molecule has 3 N–H and O–H groups in total. The Hall–Kier alpha value is -3.72. The first-order valence-corrected chi connectivity index (χ1v) is 12.4. The molecule has 1 fully saturated rings. The fraction of sp³-hybridized carbons (Fsp3) is 0.308. The number of carbonyl (C=O) groups excluding carboxylic acids is 2. The molecule has 1 saturated carbocycles. The third-order valence-corrected chi connectivity index (χ3v) is 7.44. The lowest BCUT2D eigenvalue weighted by atomic mass is 9.98. The van der Waals surface area contributed by atoms with Crippen LogP contribution in [0.25, 0.3) is 11.1 Å². The van der Waals surface area contributed by atoms with E-state index in [0.29, 0.717) is 17.3 Å². The second-order valence-corrected chi connectivity index (χ2v) is 9.92. The van der Waals surface area contributed by atoms with Gasteiger partial charge in [0.1, 0.15) is 11.5 Å². The Morgan fingerprint density at radius 3 is 2.34 bits per heavy atom. The first-order chi connectivity index (χ1) is 17.0. The van der Waals surface area contributed by atoms with Crippen molar-refractivity contribution >= 4 is 34.4 Å². The van der Waals surface area contributed by atoms with E-state index in [0.717, 1.165) is 46.4 Å². The van der Waals surface area contributed by atoms with Gasteiger partial charge in [0, 0.05) is 12.5 Å². The second-order valence-electron chi connectivity index (χ2n) is 8.89. The Labute approximate surface area is 206 Å². The molecule has 0 aliphatic heterocycles. The maximum Gasteiger partial charge on any atom is 0.413 e. The summed E-state index contributed by atoms with van der Waals surface area (Å²) in [6.45, 7) is 0.494. The number of hydrogen-bond acceptors (Lipinski definition) is 6. The van der Waals surface area contributed by atoms with Crippen molar-refractivity contribution in [2.24, 2.45) is 11.8 Å². The Kier molecular flexibility index (Phi) is 6.50. The standard InChI is InChI=1S/C26H25N3O5S/c30-23(31)11-16(15-9-10-15)12-27-24(32)22-13-28-25(35-22)29-26(33)34-14-21-19-7-3-1-5-17(19)18-6-2-4-8-20(18)21/h1-8,13,15-16,21H,9-12,14H2,(H,27,32)(H,30,31)(H,28,29,33). The van der Waals surface area contributed by atoms with Crippen LogP contribution in [0.2, 0.25) is 0 Å². The quantitative estimate of drug-likeness (QED) is 0.398. The summed E-state index contributed by atoms with van der Waals surface area (Å²) in [7, 11) is 0. The van der Waals surface area contributed by atoms with Gasteiger partial charge in [-0.2, -0.15) is 0 Å². The molecule has 2 aliphatic rings. The zero-order valence-electron chi connectivity index (χ0n) is 18.9. The Morgan fingerprint density at radius 2 is 1.71 bits per heavy atom. The van der Waals surface area contributed by atoms with Gasteiger partial charge in [-0.3, -0.25) is 14.9 Å². The maximum atomic E-state index is 12.5. The first-order valence-electron chi connectivity index (χ1n) is 11.6. The summed E-state index contributed by atoms with van der Waals surface area (Å²) in [6.07, 6.45) is 2.80. The third kappa shape index (κ3) is 5.19. The Balaban J connectivity index is 1.15. The summed E-state index contributed by atoms with van der Waals surface area (Å²) in [5.41, 5.74) is 4.56. The van der Waals surface area contributed by atoms with Crippen LogP contribution in [0.15, 0.2) is 54.7 Å². The summed E-state index contributed by atoms with van der Waals surface area (Å²) >= 11 is 1.04. The van der Waals surface area contributed by atoms with Gasteiger partial charge in [-0.25, -0.2) is 9.78 Å². The smallest absolute Gasteiger partial charge is 0.413 e. The van der Waals surface area contributed by atoms with Gasteiger partial charge >= 0.3 is 12.1 Å². The zero-order valence-corrected chi connectivity index (χ0v) is 19.7.